The Balaban J connectivity index is 2.19. The molecule has 0 unspecified atom stereocenters. The molecular formula is C21H28BCl2N3O7. The van der Waals surface area contributed by atoms with Gasteiger partial charge in [0.25, 0.3) is 5.97 Å². The number of hydrogen-bond acceptors (Lipinski definition) is 7. The van der Waals surface area contributed by atoms with Crippen molar-refractivity contribution in [3.05, 3.63) is 28.2 Å². The number of carbonyl (C=O) groups excluding carboxylic acids is 3. The summed E-state index contributed by atoms with van der Waals surface area (Å²) in [5.41, 5.74) is -1.65. The van der Waals surface area contributed by atoms with E-state index in [0.29, 0.717) is 22.2 Å². The number of anilines is 1. The summed E-state index contributed by atoms with van der Waals surface area (Å²) in [4.78, 5) is 50.6. The summed E-state index contributed by atoms with van der Waals surface area (Å²) in [6.07, 6.45) is -0.868. The molecule has 13 heteroatoms. The molecule has 1 aliphatic rings. The van der Waals surface area contributed by atoms with Crippen molar-refractivity contribution >= 4 is 59.8 Å². The molecule has 3 N–H and O–H groups in total. The number of aliphatic carboxylic acids is 1. The average molecular weight is 516 g/mol. The Labute approximate surface area is 208 Å². The largest absolute Gasteiger partial charge is 0.552 e. The molecule has 10 nitrogen and oxygen atoms in total. The van der Waals surface area contributed by atoms with Crippen molar-refractivity contribution in [2.45, 2.75) is 44.7 Å². The summed E-state index contributed by atoms with van der Waals surface area (Å²) in [7, 11) is 1.54. The minimum Gasteiger partial charge on any atom is -0.508 e. The number of halogens is 2. The van der Waals surface area contributed by atoms with Gasteiger partial charge in [-0.25, -0.2) is 4.79 Å². The molecule has 0 bridgehead atoms. The van der Waals surface area contributed by atoms with Crippen LogP contribution < -0.4 is 10.6 Å². The van der Waals surface area contributed by atoms with Crippen LogP contribution in [0.5, 0.6) is 0 Å². The minimum absolute atomic E-state index is 0.0347. The first-order valence-corrected chi connectivity index (χ1v) is 11.4. The zero-order valence-corrected chi connectivity index (χ0v) is 20.9. The second-order valence-electron chi connectivity index (χ2n) is 8.70. The Morgan fingerprint density at radius 3 is 2.53 bits per heavy atom. The molecular weight excluding hydrogens is 488 g/mol. The van der Waals surface area contributed by atoms with E-state index in [1.54, 1.807) is 18.2 Å². The number of carboxylic acid groups (broad SMARTS) is 1. The molecule has 1 aromatic carbocycles. The van der Waals surface area contributed by atoms with E-state index in [1.807, 2.05) is 13.8 Å². The highest BCUT2D eigenvalue weighted by Gasteiger charge is 2.54. The van der Waals surface area contributed by atoms with Crippen LogP contribution in [0, 0.1) is 5.92 Å². The van der Waals surface area contributed by atoms with E-state index >= 15 is 0 Å². The van der Waals surface area contributed by atoms with Crippen LogP contribution in [0.1, 0.15) is 33.1 Å². The van der Waals surface area contributed by atoms with E-state index in [9.17, 15) is 24.3 Å². The fourth-order valence-corrected chi connectivity index (χ4v) is 3.73. The minimum atomic E-state index is -2.10. The molecule has 1 heterocycles. The molecule has 0 aliphatic carbocycles. The first-order valence-electron chi connectivity index (χ1n) is 10.6. The van der Waals surface area contributed by atoms with Gasteiger partial charge in [-0.2, -0.15) is 0 Å². The SMILES string of the molecule is CC(C)C[C@H](NC(=O)CNc1cc(Cl)ccc1Cl)B1OC(=O)C[C@@](CC(=O)N(C)C)(C(=O)O)O1. The normalized spacial score (nSPS) is 18.8. The van der Waals surface area contributed by atoms with E-state index in [4.69, 9.17) is 32.5 Å². The van der Waals surface area contributed by atoms with E-state index in [2.05, 4.69) is 10.6 Å². The fourth-order valence-electron chi connectivity index (χ4n) is 3.38. The summed E-state index contributed by atoms with van der Waals surface area (Å²) in [6.45, 7) is 3.58. The van der Waals surface area contributed by atoms with Crippen LogP contribution >= 0.6 is 23.2 Å². The first-order chi connectivity index (χ1) is 15.8. The zero-order chi connectivity index (χ0) is 25.6. The molecule has 2 amide bonds. The number of amides is 2. The highest BCUT2D eigenvalue weighted by atomic mass is 35.5. The Bertz CT molecular complexity index is 947. The van der Waals surface area contributed by atoms with E-state index in [-0.39, 0.29) is 12.5 Å². The molecule has 2 atom stereocenters. The maximum atomic E-state index is 12.7. The van der Waals surface area contributed by atoms with Crippen molar-refractivity contribution in [3.63, 3.8) is 0 Å². The van der Waals surface area contributed by atoms with Gasteiger partial charge in [0.2, 0.25) is 11.8 Å². The monoisotopic (exact) mass is 515 g/mol. The summed E-state index contributed by atoms with van der Waals surface area (Å²) in [6, 6.07) is 4.76. The van der Waals surface area contributed by atoms with Gasteiger partial charge in [0, 0.05) is 19.1 Å². The molecule has 1 aliphatic heterocycles. The smallest absolute Gasteiger partial charge is 0.508 e. The van der Waals surface area contributed by atoms with Crippen molar-refractivity contribution in [2.75, 3.05) is 26.0 Å². The van der Waals surface area contributed by atoms with Gasteiger partial charge in [-0.3, -0.25) is 14.4 Å². The molecule has 0 radical (unpaired) electrons. The molecule has 2 rings (SSSR count). The van der Waals surface area contributed by atoms with Crippen LogP contribution in [0.3, 0.4) is 0 Å². The highest BCUT2D eigenvalue weighted by molar-refractivity contribution is 6.50. The van der Waals surface area contributed by atoms with Crippen molar-refractivity contribution in [3.8, 4) is 0 Å². The third kappa shape index (κ3) is 7.51. The fraction of sp³-hybridized carbons (Fsp3) is 0.524. The number of carboxylic acids is 1. The first kappa shape index (κ1) is 27.7. The quantitative estimate of drug-likeness (QED) is 0.404. The van der Waals surface area contributed by atoms with Crippen molar-refractivity contribution in [1.29, 1.82) is 0 Å². The number of nitrogens with zero attached hydrogens (tertiary/aromatic N) is 1. The molecule has 34 heavy (non-hydrogen) atoms. The van der Waals surface area contributed by atoms with Gasteiger partial charge >= 0.3 is 13.1 Å². The van der Waals surface area contributed by atoms with E-state index in [1.165, 1.54) is 19.0 Å². The third-order valence-electron chi connectivity index (χ3n) is 5.11. The lowest BCUT2D eigenvalue weighted by atomic mass is 9.70. The Morgan fingerprint density at radius 2 is 1.94 bits per heavy atom. The lowest BCUT2D eigenvalue weighted by molar-refractivity contribution is -0.173. The second-order valence-corrected chi connectivity index (χ2v) is 9.54. The Kier molecular flexibility index (Phi) is 9.60. The number of carbonyl (C=O) groups is 4. The van der Waals surface area contributed by atoms with Gasteiger partial charge in [-0.1, -0.05) is 37.0 Å². The predicted molar refractivity (Wildman–Crippen MR) is 128 cm³/mol. The third-order valence-corrected chi connectivity index (χ3v) is 5.68. The van der Waals surface area contributed by atoms with Gasteiger partial charge in [0.15, 0.2) is 5.60 Å². The lowest BCUT2D eigenvalue weighted by Gasteiger charge is -2.38. The molecule has 0 saturated carbocycles. The van der Waals surface area contributed by atoms with Crippen LogP contribution in [0.25, 0.3) is 0 Å². The Morgan fingerprint density at radius 1 is 1.26 bits per heavy atom. The van der Waals surface area contributed by atoms with E-state index < -0.39 is 55.3 Å². The van der Waals surface area contributed by atoms with Crippen LogP contribution in [-0.4, -0.2) is 73.1 Å². The topological polar surface area (TPSA) is 134 Å². The summed E-state index contributed by atoms with van der Waals surface area (Å²) in [5.74, 6) is -4.12. The van der Waals surface area contributed by atoms with Crippen LogP contribution in [-0.2, 0) is 28.5 Å². The Hall–Kier alpha value is -2.50. The van der Waals surface area contributed by atoms with Gasteiger partial charge in [-0.05, 0) is 30.5 Å². The lowest BCUT2D eigenvalue weighted by Crippen LogP contribution is -2.62. The van der Waals surface area contributed by atoms with Crippen molar-refractivity contribution in [1.82, 2.24) is 10.2 Å². The molecule has 186 valence electrons. The maximum Gasteiger partial charge on any atom is 0.552 e. The van der Waals surface area contributed by atoms with Gasteiger partial charge < -0.3 is 29.9 Å². The molecule has 1 saturated heterocycles. The summed E-state index contributed by atoms with van der Waals surface area (Å²) in [5, 5.41) is 16.2. The number of hydrogen-bond donors (Lipinski definition) is 3. The van der Waals surface area contributed by atoms with Crippen LogP contribution in [0.15, 0.2) is 18.2 Å². The number of rotatable bonds is 10. The number of nitrogens with one attached hydrogen (secondary N) is 2. The second kappa shape index (κ2) is 11.8. The predicted octanol–water partition coefficient (Wildman–Crippen LogP) is 2.23. The zero-order valence-electron chi connectivity index (χ0n) is 19.4. The van der Waals surface area contributed by atoms with E-state index in [0.717, 1.165) is 0 Å². The van der Waals surface area contributed by atoms with Gasteiger partial charge in [0.05, 0.1) is 36.0 Å². The van der Waals surface area contributed by atoms with Crippen LogP contribution in [0.4, 0.5) is 5.69 Å². The van der Waals surface area contributed by atoms with Gasteiger partial charge in [-0.15, -0.1) is 0 Å². The van der Waals surface area contributed by atoms with Gasteiger partial charge in [0.1, 0.15) is 0 Å². The summed E-state index contributed by atoms with van der Waals surface area (Å²) >= 11 is 12.1. The van der Waals surface area contributed by atoms with Crippen LogP contribution in [0.2, 0.25) is 10.0 Å². The van der Waals surface area contributed by atoms with Crippen molar-refractivity contribution < 1.29 is 33.6 Å². The maximum absolute atomic E-state index is 12.7. The highest BCUT2D eigenvalue weighted by Crippen LogP contribution is 2.30. The molecule has 0 aromatic heterocycles. The molecule has 1 aromatic rings. The molecule has 0 spiro atoms. The standard InChI is InChI=1S/C21H28BCl2N3O7/c1-12(2)7-16(26-17(28)11-25-15-8-13(23)5-6-14(15)24)22-33-19(30)10-21(34-22,20(31)32)9-18(29)27(3)4/h5-6,8,12,16,25H,7,9-11H2,1-4H3,(H,26,28)(H,31,32)/t16-,21-/m0/s1. The number of benzene rings is 1. The molecule has 1 fully saturated rings. The van der Waals surface area contributed by atoms with Crippen molar-refractivity contribution in [2.24, 2.45) is 5.92 Å². The summed E-state index contributed by atoms with van der Waals surface area (Å²) < 4.78 is 11.0. The average Bonchev–Trinajstić information content (AvgIpc) is 2.73.